The lowest BCUT2D eigenvalue weighted by Gasteiger charge is -2.29. The lowest BCUT2D eigenvalue weighted by atomic mass is 10.1. The van der Waals surface area contributed by atoms with Gasteiger partial charge in [0.1, 0.15) is 0 Å². The Morgan fingerprint density at radius 1 is 1.41 bits per heavy atom. The second-order valence-corrected chi connectivity index (χ2v) is 4.39. The number of hydrogen-bond acceptors (Lipinski definition) is 3. The Bertz CT molecular complexity index is 473. The van der Waals surface area contributed by atoms with Gasteiger partial charge in [-0.3, -0.25) is 9.59 Å². The molecule has 5 nitrogen and oxygen atoms in total. The number of pyridine rings is 1. The van der Waals surface area contributed by atoms with E-state index in [1.807, 2.05) is 0 Å². The fourth-order valence-electron chi connectivity index (χ4n) is 1.93. The predicted octanol–water partition coefficient (Wildman–Crippen LogP) is -0.0178. The first kappa shape index (κ1) is 11.9. The van der Waals surface area contributed by atoms with E-state index in [0.717, 1.165) is 0 Å². The number of aliphatic hydroxyl groups excluding tert-OH is 1. The normalized spacial score (nSPS) is 17.2. The third-order valence-electron chi connectivity index (χ3n) is 3.10. The summed E-state index contributed by atoms with van der Waals surface area (Å²) < 4.78 is 1.43. The number of aryl methyl sites for hydroxylation is 1. The first-order valence-electron chi connectivity index (χ1n) is 5.72. The largest absolute Gasteiger partial charge is 0.393 e. The average Bonchev–Trinajstić information content (AvgIpc) is 2.33. The molecule has 1 N–H and O–H groups in total. The van der Waals surface area contributed by atoms with Gasteiger partial charge in [0.15, 0.2) is 0 Å². The summed E-state index contributed by atoms with van der Waals surface area (Å²) in [5, 5.41) is 9.37. The monoisotopic (exact) mass is 236 g/mol. The first-order chi connectivity index (χ1) is 8.08. The van der Waals surface area contributed by atoms with E-state index in [1.165, 1.54) is 10.6 Å². The van der Waals surface area contributed by atoms with Crippen LogP contribution in [0.15, 0.2) is 23.1 Å². The van der Waals surface area contributed by atoms with E-state index in [2.05, 4.69) is 0 Å². The maximum atomic E-state index is 12.1. The van der Waals surface area contributed by atoms with Crippen LogP contribution in [0.5, 0.6) is 0 Å². The quantitative estimate of drug-likeness (QED) is 0.745. The van der Waals surface area contributed by atoms with Crippen molar-refractivity contribution in [3.8, 4) is 0 Å². The van der Waals surface area contributed by atoms with Crippen LogP contribution >= 0.6 is 0 Å². The summed E-state index contributed by atoms with van der Waals surface area (Å²) in [6.45, 7) is 1.10. The van der Waals surface area contributed by atoms with Crippen LogP contribution < -0.4 is 5.56 Å². The van der Waals surface area contributed by atoms with Crippen molar-refractivity contribution >= 4 is 5.91 Å². The van der Waals surface area contributed by atoms with Crippen LogP contribution in [0.3, 0.4) is 0 Å². The topological polar surface area (TPSA) is 62.5 Å². The van der Waals surface area contributed by atoms with Gasteiger partial charge in [0.2, 0.25) is 0 Å². The molecule has 1 amide bonds. The highest BCUT2D eigenvalue weighted by Gasteiger charge is 2.22. The average molecular weight is 236 g/mol. The summed E-state index contributed by atoms with van der Waals surface area (Å²) in [5.41, 5.74) is 0.234. The van der Waals surface area contributed by atoms with Crippen LogP contribution in [0.25, 0.3) is 0 Å². The molecule has 0 spiro atoms. The fraction of sp³-hybridized carbons (Fsp3) is 0.500. The summed E-state index contributed by atoms with van der Waals surface area (Å²) in [6.07, 6.45) is 2.50. The van der Waals surface area contributed by atoms with Crippen LogP contribution in [0, 0.1) is 0 Å². The molecular weight excluding hydrogens is 220 g/mol. The Morgan fingerprint density at radius 2 is 2.06 bits per heavy atom. The highest BCUT2D eigenvalue weighted by molar-refractivity contribution is 5.94. The Labute approximate surface area is 99.3 Å². The molecule has 1 aromatic rings. The Hall–Kier alpha value is -1.62. The number of carbonyl (C=O) groups excluding carboxylic acids is 1. The van der Waals surface area contributed by atoms with Crippen LogP contribution in [-0.4, -0.2) is 39.7 Å². The molecule has 1 fully saturated rings. The molecule has 5 heteroatoms. The summed E-state index contributed by atoms with van der Waals surface area (Å²) in [6, 6.07) is 3.00. The maximum Gasteiger partial charge on any atom is 0.254 e. The molecule has 2 heterocycles. The summed E-state index contributed by atoms with van der Waals surface area (Å²) in [5.74, 6) is -0.130. The van der Waals surface area contributed by atoms with Gasteiger partial charge in [-0.25, -0.2) is 0 Å². The number of aromatic nitrogens is 1. The number of carbonyl (C=O) groups is 1. The lowest BCUT2D eigenvalue weighted by Crippen LogP contribution is -2.40. The van der Waals surface area contributed by atoms with Crippen molar-refractivity contribution in [1.82, 2.24) is 9.47 Å². The van der Waals surface area contributed by atoms with Gasteiger partial charge in [-0.2, -0.15) is 0 Å². The molecule has 0 aliphatic carbocycles. The number of rotatable bonds is 1. The molecular formula is C12H16N2O3. The predicted molar refractivity (Wildman–Crippen MR) is 62.8 cm³/mol. The zero-order valence-electron chi connectivity index (χ0n) is 9.80. The highest BCUT2D eigenvalue weighted by atomic mass is 16.3. The Kier molecular flexibility index (Phi) is 3.28. The van der Waals surface area contributed by atoms with Crippen molar-refractivity contribution in [2.24, 2.45) is 7.05 Å². The number of hydrogen-bond donors (Lipinski definition) is 1. The van der Waals surface area contributed by atoms with Gasteiger partial charge in [0, 0.05) is 38.0 Å². The molecule has 92 valence electrons. The molecule has 0 aromatic carbocycles. The Balaban J connectivity index is 2.14. The molecule has 0 radical (unpaired) electrons. The minimum atomic E-state index is -0.303. The van der Waals surface area contributed by atoms with E-state index in [0.29, 0.717) is 31.5 Å². The third-order valence-corrected chi connectivity index (χ3v) is 3.10. The SMILES string of the molecule is Cn1ccc(C(=O)N2CCC(O)CC2)cc1=O. The molecule has 1 aliphatic rings. The number of likely N-dealkylation sites (tertiary alicyclic amines) is 1. The molecule has 0 atom stereocenters. The van der Waals surface area contributed by atoms with Crippen LogP contribution in [-0.2, 0) is 7.05 Å². The Morgan fingerprint density at radius 3 is 2.65 bits per heavy atom. The van der Waals surface area contributed by atoms with Crippen LogP contribution in [0.4, 0.5) is 0 Å². The highest BCUT2D eigenvalue weighted by Crippen LogP contribution is 2.12. The van der Waals surface area contributed by atoms with E-state index >= 15 is 0 Å². The van der Waals surface area contributed by atoms with Crippen molar-refractivity contribution in [3.63, 3.8) is 0 Å². The van der Waals surface area contributed by atoms with Crippen molar-refractivity contribution in [2.75, 3.05) is 13.1 Å². The minimum Gasteiger partial charge on any atom is -0.393 e. The van der Waals surface area contributed by atoms with Crippen molar-refractivity contribution in [1.29, 1.82) is 0 Å². The number of aliphatic hydroxyl groups is 1. The molecule has 0 saturated carbocycles. The third kappa shape index (κ3) is 2.55. The number of nitrogens with zero attached hydrogens (tertiary/aromatic N) is 2. The van der Waals surface area contributed by atoms with E-state index in [9.17, 15) is 14.7 Å². The van der Waals surface area contributed by atoms with E-state index in [1.54, 1.807) is 24.2 Å². The van der Waals surface area contributed by atoms with E-state index in [-0.39, 0.29) is 17.6 Å². The van der Waals surface area contributed by atoms with Gasteiger partial charge < -0.3 is 14.6 Å². The molecule has 0 bridgehead atoms. The molecule has 0 unspecified atom stereocenters. The van der Waals surface area contributed by atoms with Crippen molar-refractivity contribution in [3.05, 3.63) is 34.2 Å². The summed E-state index contributed by atoms with van der Waals surface area (Å²) >= 11 is 0. The molecule has 2 rings (SSSR count). The van der Waals surface area contributed by atoms with Gasteiger partial charge in [-0.1, -0.05) is 0 Å². The molecule has 1 aromatic heterocycles. The number of amides is 1. The van der Waals surface area contributed by atoms with Gasteiger partial charge in [0.05, 0.1) is 6.10 Å². The second kappa shape index (κ2) is 4.71. The standard InChI is InChI=1S/C12H16N2O3/c1-13-5-2-9(8-11(13)16)12(17)14-6-3-10(15)4-7-14/h2,5,8,10,15H,3-4,6-7H2,1H3. The van der Waals surface area contributed by atoms with E-state index < -0.39 is 0 Å². The zero-order chi connectivity index (χ0) is 12.4. The molecule has 1 saturated heterocycles. The maximum absolute atomic E-state index is 12.1. The van der Waals surface area contributed by atoms with Crippen molar-refractivity contribution < 1.29 is 9.90 Å². The first-order valence-corrected chi connectivity index (χ1v) is 5.72. The second-order valence-electron chi connectivity index (χ2n) is 4.39. The lowest BCUT2D eigenvalue weighted by molar-refractivity contribution is 0.0546. The summed E-state index contributed by atoms with van der Waals surface area (Å²) in [7, 11) is 1.65. The van der Waals surface area contributed by atoms with Crippen LogP contribution in [0.2, 0.25) is 0 Å². The van der Waals surface area contributed by atoms with E-state index in [4.69, 9.17) is 0 Å². The zero-order valence-corrected chi connectivity index (χ0v) is 9.80. The fourth-order valence-corrected chi connectivity index (χ4v) is 1.93. The minimum absolute atomic E-state index is 0.130. The van der Waals surface area contributed by atoms with Crippen molar-refractivity contribution in [2.45, 2.75) is 18.9 Å². The van der Waals surface area contributed by atoms with Gasteiger partial charge in [0.25, 0.3) is 11.5 Å². The molecule has 1 aliphatic heterocycles. The smallest absolute Gasteiger partial charge is 0.254 e. The van der Waals surface area contributed by atoms with Gasteiger partial charge in [-0.15, -0.1) is 0 Å². The van der Waals surface area contributed by atoms with Gasteiger partial charge in [-0.05, 0) is 18.9 Å². The van der Waals surface area contributed by atoms with Gasteiger partial charge >= 0.3 is 0 Å². The molecule has 17 heavy (non-hydrogen) atoms. The summed E-state index contributed by atoms with van der Waals surface area (Å²) in [4.78, 5) is 25.2. The number of piperidine rings is 1. The van der Waals surface area contributed by atoms with Crippen LogP contribution in [0.1, 0.15) is 23.2 Å².